The summed E-state index contributed by atoms with van der Waals surface area (Å²) in [4.78, 5) is 7.64. The number of nitrogens with zero attached hydrogens (tertiary/aromatic N) is 1. The highest BCUT2D eigenvalue weighted by Gasteiger charge is 1.99. The van der Waals surface area contributed by atoms with Crippen LogP contribution in [-0.4, -0.2) is 17.5 Å². The van der Waals surface area contributed by atoms with E-state index < -0.39 is 0 Å². The van der Waals surface area contributed by atoms with Gasteiger partial charge in [-0.1, -0.05) is 32.0 Å². The lowest BCUT2D eigenvalue weighted by molar-refractivity contribution is 0.621. The number of rotatable bonds is 4. The van der Waals surface area contributed by atoms with E-state index in [1.54, 1.807) is 0 Å². The highest BCUT2D eigenvalue weighted by atomic mass is 127. The number of fused-ring (bicyclic) bond motifs is 1. The number of benzene rings is 1. The van der Waals surface area contributed by atoms with Crippen LogP contribution in [0.15, 0.2) is 35.3 Å². The van der Waals surface area contributed by atoms with E-state index in [1.165, 1.54) is 5.39 Å². The Kier molecular flexibility index (Phi) is 6.14. The van der Waals surface area contributed by atoms with E-state index >= 15 is 0 Å². The Labute approximate surface area is 130 Å². The number of hydrogen-bond acceptors (Lipinski definition) is 1. The Balaban J connectivity index is 0.00000180. The normalized spacial score (nSPS) is 11.6. The summed E-state index contributed by atoms with van der Waals surface area (Å²) in [5.74, 6) is 1.06. The number of hydrogen-bond donors (Lipinski definition) is 3. The summed E-state index contributed by atoms with van der Waals surface area (Å²) in [5, 5.41) is 4.30. The van der Waals surface area contributed by atoms with Crippen LogP contribution in [0.25, 0.3) is 10.9 Å². The number of aromatic amines is 1. The smallest absolute Gasteiger partial charge is 0.188 e. The summed E-state index contributed by atoms with van der Waals surface area (Å²) < 4.78 is 0. The second-order valence-electron chi connectivity index (χ2n) is 4.86. The van der Waals surface area contributed by atoms with Gasteiger partial charge in [0.2, 0.25) is 0 Å². The Morgan fingerprint density at radius 2 is 2.11 bits per heavy atom. The van der Waals surface area contributed by atoms with Gasteiger partial charge in [0.05, 0.1) is 6.54 Å². The Morgan fingerprint density at radius 3 is 2.79 bits per heavy atom. The Morgan fingerprint density at radius 1 is 1.37 bits per heavy atom. The number of guanidine groups is 1. The first-order valence-corrected chi connectivity index (χ1v) is 6.25. The lowest BCUT2D eigenvalue weighted by Gasteiger charge is -2.07. The fourth-order valence-corrected chi connectivity index (χ4v) is 1.75. The maximum Gasteiger partial charge on any atom is 0.188 e. The molecule has 5 heteroatoms. The maximum atomic E-state index is 5.79. The minimum absolute atomic E-state index is 0. The van der Waals surface area contributed by atoms with Gasteiger partial charge in [-0.15, -0.1) is 24.0 Å². The van der Waals surface area contributed by atoms with Crippen molar-refractivity contribution in [2.75, 3.05) is 6.54 Å². The zero-order valence-corrected chi connectivity index (χ0v) is 13.6. The van der Waals surface area contributed by atoms with Crippen LogP contribution in [0.5, 0.6) is 0 Å². The largest absolute Gasteiger partial charge is 0.370 e. The van der Waals surface area contributed by atoms with Gasteiger partial charge in [0, 0.05) is 17.8 Å². The van der Waals surface area contributed by atoms with E-state index in [0.29, 0.717) is 18.4 Å². The quantitative estimate of drug-likeness (QED) is 0.439. The van der Waals surface area contributed by atoms with Crippen LogP contribution in [0.4, 0.5) is 0 Å². The van der Waals surface area contributed by atoms with Crippen molar-refractivity contribution in [2.24, 2.45) is 16.6 Å². The molecule has 2 rings (SSSR count). The number of aromatic nitrogens is 1. The third-order valence-electron chi connectivity index (χ3n) is 2.70. The number of halogens is 1. The van der Waals surface area contributed by atoms with E-state index in [0.717, 1.165) is 17.8 Å². The van der Waals surface area contributed by atoms with Gasteiger partial charge in [-0.05, 0) is 23.4 Å². The van der Waals surface area contributed by atoms with Gasteiger partial charge in [-0.3, -0.25) is 0 Å². The van der Waals surface area contributed by atoms with Crippen LogP contribution in [0.3, 0.4) is 0 Å². The average Bonchev–Trinajstić information content (AvgIpc) is 2.76. The van der Waals surface area contributed by atoms with Crippen molar-refractivity contribution < 1.29 is 0 Å². The van der Waals surface area contributed by atoms with E-state index in [2.05, 4.69) is 47.3 Å². The van der Waals surface area contributed by atoms with Gasteiger partial charge in [0.1, 0.15) is 0 Å². The predicted molar refractivity (Wildman–Crippen MR) is 91.9 cm³/mol. The standard InChI is InChI=1S/C14H20N4.HI/c1-10(2)8-16-14(15)17-9-12-7-11-5-3-4-6-13(11)18-12;/h3-7,10,18H,8-9H2,1-2H3,(H3,15,16,17);1H. The van der Waals surface area contributed by atoms with E-state index in [-0.39, 0.29) is 24.0 Å². The molecule has 4 N–H and O–H groups in total. The van der Waals surface area contributed by atoms with Gasteiger partial charge >= 0.3 is 0 Å². The fourth-order valence-electron chi connectivity index (χ4n) is 1.75. The lowest BCUT2D eigenvalue weighted by atomic mass is 10.2. The van der Waals surface area contributed by atoms with Gasteiger partial charge in [0.15, 0.2) is 5.96 Å². The molecule has 0 radical (unpaired) electrons. The van der Waals surface area contributed by atoms with Crippen molar-refractivity contribution in [1.29, 1.82) is 0 Å². The van der Waals surface area contributed by atoms with Crippen molar-refractivity contribution in [3.8, 4) is 0 Å². The number of nitrogens with one attached hydrogen (secondary N) is 2. The first kappa shape index (κ1) is 15.8. The third-order valence-corrected chi connectivity index (χ3v) is 2.70. The summed E-state index contributed by atoms with van der Waals surface area (Å²) in [6, 6.07) is 10.3. The molecule has 1 aromatic carbocycles. The second-order valence-corrected chi connectivity index (χ2v) is 4.86. The number of H-pyrrole nitrogens is 1. The Hall–Kier alpha value is -1.24. The zero-order valence-electron chi connectivity index (χ0n) is 11.3. The van der Waals surface area contributed by atoms with E-state index in [4.69, 9.17) is 5.73 Å². The molecule has 0 saturated heterocycles. The van der Waals surface area contributed by atoms with Crippen LogP contribution in [0, 0.1) is 5.92 Å². The van der Waals surface area contributed by atoms with Gasteiger partial charge in [0.25, 0.3) is 0 Å². The SMILES string of the molecule is CC(C)CNC(N)=NCc1cc2ccccc2[nH]1.I. The first-order chi connectivity index (χ1) is 8.65. The molecular weight excluding hydrogens is 351 g/mol. The summed E-state index contributed by atoms with van der Waals surface area (Å²) in [6.07, 6.45) is 0. The molecule has 0 saturated carbocycles. The number of nitrogens with two attached hydrogens (primary N) is 1. The molecule has 2 aromatic rings. The number of aliphatic imine (C=N–C) groups is 1. The molecule has 0 bridgehead atoms. The molecule has 19 heavy (non-hydrogen) atoms. The average molecular weight is 372 g/mol. The molecule has 4 nitrogen and oxygen atoms in total. The predicted octanol–water partition coefficient (Wildman–Crippen LogP) is 2.85. The molecule has 0 spiro atoms. The first-order valence-electron chi connectivity index (χ1n) is 6.25. The molecule has 0 aliphatic carbocycles. The van der Waals surface area contributed by atoms with E-state index in [1.807, 2.05) is 12.1 Å². The molecule has 1 heterocycles. The molecule has 0 aliphatic heterocycles. The summed E-state index contributed by atoms with van der Waals surface area (Å²) in [6.45, 7) is 5.70. The van der Waals surface area contributed by atoms with Gasteiger partial charge < -0.3 is 16.0 Å². The molecule has 1 aromatic heterocycles. The van der Waals surface area contributed by atoms with Crippen molar-refractivity contribution >= 4 is 40.8 Å². The lowest BCUT2D eigenvalue weighted by Crippen LogP contribution is -2.34. The second kappa shape index (κ2) is 7.37. The maximum absolute atomic E-state index is 5.79. The molecule has 0 fully saturated rings. The third kappa shape index (κ3) is 4.74. The molecule has 0 aliphatic rings. The summed E-state index contributed by atoms with van der Waals surface area (Å²) in [7, 11) is 0. The van der Waals surface area contributed by atoms with Crippen LogP contribution in [0.1, 0.15) is 19.5 Å². The van der Waals surface area contributed by atoms with Crippen molar-refractivity contribution in [3.63, 3.8) is 0 Å². The van der Waals surface area contributed by atoms with Gasteiger partial charge in [-0.25, -0.2) is 4.99 Å². The monoisotopic (exact) mass is 372 g/mol. The minimum Gasteiger partial charge on any atom is -0.370 e. The summed E-state index contributed by atoms with van der Waals surface area (Å²) in [5.41, 5.74) is 8.00. The van der Waals surface area contributed by atoms with Crippen molar-refractivity contribution in [3.05, 3.63) is 36.0 Å². The molecule has 0 atom stereocenters. The Bertz CT molecular complexity index is 512. The molecule has 104 valence electrons. The summed E-state index contributed by atoms with van der Waals surface area (Å²) >= 11 is 0. The number of para-hydroxylation sites is 1. The van der Waals surface area contributed by atoms with Crippen LogP contribution in [0.2, 0.25) is 0 Å². The zero-order chi connectivity index (χ0) is 13.0. The van der Waals surface area contributed by atoms with Crippen LogP contribution < -0.4 is 11.1 Å². The molecule has 0 unspecified atom stereocenters. The van der Waals surface area contributed by atoms with Crippen molar-refractivity contribution in [2.45, 2.75) is 20.4 Å². The van der Waals surface area contributed by atoms with Gasteiger partial charge in [-0.2, -0.15) is 0 Å². The van der Waals surface area contributed by atoms with Crippen LogP contribution >= 0.6 is 24.0 Å². The minimum atomic E-state index is 0. The molecule has 0 amide bonds. The highest BCUT2D eigenvalue weighted by molar-refractivity contribution is 14.0. The fraction of sp³-hybridized carbons (Fsp3) is 0.357. The van der Waals surface area contributed by atoms with Crippen molar-refractivity contribution in [1.82, 2.24) is 10.3 Å². The molecular formula is C14H21IN4. The van der Waals surface area contributed by atoms with Crippen LogP contribution in [-0.2, 0) is 6.54 Å². The topological polar surface area (TPSA) is 66.2 Å². The van der Waals surface area contributed by atoms with E-state index in [9.17, 15) is 0 Å². The highest BCUT2D eigenvalue weighted by Crippen LogP contribution is 2.14.